The molecule has 0 fully saturated rings. The van der Waals surface area contributed by atoms with Gasteiger partial charge in [0.25, 0.3) is 0 Å². The Morgan fingerprint density at radius 3 is 2.41 bits per heavy atom. The molecule has 1 aliphatic carbocycles. The molecule has 1 atom stereocenters. The summed E-state index contributed by atoms with van der Waals surface area (Å²) in [4.78, 5) is 0. The smallest absolute Gasteiger partial charge is 0.109 e. The van der Waals surface area contributed by atoms with Crippen LogP contribution in [-0.2, 0) is 4.74 Å². The van der Waals surface area contributed by atoms with Crippen LogP contribution in [0.15, 0.2) is 72.8 Å². The summed E-state index contributed by atoms with van der Waals surface area (Å²) < 4.78 is 6.22. The van der Waals surface area contributed by atoms with E-state index in [0.717, 1.165) is 5.57 Å². The molecule has 0 spiro atoms. The van der Waals surface area contributed by atoms with Gasteiger partial charge in [0.1, 0.15) is 6.10 Å². The molecule has 1 unspecified atom stereocenters. The highest BCUT2D eigenvalue weighted by Gasteiger charge is 2.27. The molecular weight excluding hydrogens is 268 g/mol. The lowest BCUT2D eigenvalue weighted by Gasteiger charge is -2.29. The summed E-state index contributed by atoms with van der Waals surface area (Å²) >= 11 is 0. The van der Waals surface area contributed by atoms with Gasteiger partial charge in [-0.25, -0.2) is 0 Å². The third-order valence-corrected chi connectivity index (χ3v) is 4.25. The molecule has 0 amide bonds. The standard InChI is InChI=1S/C21H18O/c1-14(2)13-22-21-18-10-4-3-9-16(18)17-11-5-7-15-8-6-12-19(21)20(15)17/h3-12,21H,1,13H2,2H3. The lowest BCUT2D eigenvalue weighted by atomic mass is 9.82. The molecule has 0 N–H and O–H groups in total. The molecule has 0 aliphatic heterocycles. The van der Waals surface area contributed by atoms with Gasteiger partial charge in [-0.3, -0.25) is 0 Å². The Morgan fingerprint density at radius 2 is 1.59 bits per heavy atom. The first-order valence-electron chi connectivity index (χ1n) is 7.62. The second kappa shape index (κ2) is 5.11. The highest BCUT2D eigenvalue weighted by atomic mass is 16.5. The first-order chi connectivity index (χ1) is 10.8. The van der Waals surface area contributed by atoms with Gasteiger partial charge in [0, 0.05) is 0 Å². The minimum atomic E-state index is -0.0218. The molecule has 1 nitrogen and oxygen atoms in total. The van der Waals surface area contributed by atoms with Gasteiger partial charge in [-0.05, 0) is 39.9 Å². The van der Waals surface area contributed by atoms with E-state index >= 15 is 0 Å². The largest absolute Gasteiger partial charge is 0.364 e. The van der Waals surface area contributed by atoms with E-state index in [0.29, 0.717) is 6.61 Å². The molecule has 0 saturated heterocycles. The molecule has 3 aromatic carbocycles. The number of ether oxygens (including phenoxy) is 1. The van der Waals surface area contributed by atoms with Crippen LogP contribution in [-0.4, -0.2) is 6.61 Å². The molecule has 108 valence electrons. The van der Waals surface area contributed by atoms with Gasteiger partial charge in [0.15, 0.2) is 0 Å². The zero-order chi connectivity index (χ0) is 15.1. The Bertz CT molecular complexity index is 871. The Morgan fingerprint density at radius 1 is 0.909 bits per heavy atom. The molecule has 4 rings (SSSR count). The normalized spacial score (nSPS) is 15.6. The van der Waals surface area contributed by atoms with E-state index in [9.17, 15) is 0 Å². The maximum atomic E-state index is 6.22. The first kappa shape index (κ1) is 13.3. The highest BCUT2D eigenvalue weighted by Crippen LogP contribution is 2.45. The van der Waals surface area contributed by atoms with Crippen molar-refractivity contribution >= 4 is 10.8 Å². The summed E-state index contributed by atoms with van der Waals surface area (Å²) in [6.07, 6.45) is -0.0218. The van der Waals surface area contributed by atoms with Crippen molar-refractivity contribution in [3.8, 4) is 11.1 Å². The van der Waals surface area contributed by atoms with Crippen LogP contribution in [0.4, 0.5) is 0 Å². The van der Waals surface area contributed by atoms with Crippen molar-refractivity contribution in [3.63, 3.8) is 0 Å². The number of hydrogen-bond acceptors (Lipinski definition) is 1. The Kier molecular flexibility index (Phi) is 3.09. The van der Waals surface area contributed by atoms with E-state index in [1.807, 2.05) is 6.92 Å². The van der Waals surface area contributed by atoms with Crippen LogP contribution < -0.4 is 0 Å². The Labute approximate surface area is 130 Å². The molecule has 0 bridgehead atoms. The van der Waals surface area contributed by atoms with Gasteiger partial charge in [-0.15, -0.1) is 0 Å². The van der Waals surface area contributed by atoms with E-state index in [4.69, 9.17) is 4.74 Å². The maximum Gasteiger partial charge on any atom is 0.109 e. The van der Waals surface area contributed by atoms with Gasteiger partial charge < -0.3 is 4.74 Å². The van der Waals surface area contributed by atoms with Crippen LogP contribution >= 0.6 is 0 Å². The van der Waals surface area contributed by atoms with E-state index in [1.165, 1.54) is 33.0 Å². The van der Waals surface area contributed by atoms with E-state index in [-0.39, 0.29) is 6.10 Å². The predicted octanol–water partition coefficient (Wildman–Crippen LogP) is 5.50. The first-order valence-corrected chi connectivity index (χ1v) is 7.62. The minimum absolute atomic E-state index is 0.0218. The second-order valence-corrected chi connectivity index (χ2v) is 5.99. The highest BCUT2D eigenvalue weighted by molar-refractivity contribution is 6.02. The lowest BCUT2D eigenvalue weighted by molar-refractivity contribution is 0.100. The molecule has 1 aliphatic rings. The average Bonchev–Trinajstić information content (AvgIpc) is 2.55. The Balaban J connectivity index is 2.00. The van der Waals surface area contributed by atoms with E-state index in [1.54, 1.807) is 0 Å². The maximum absolute atomic E-state index is 6.22. The Hall–Kier alpha value is -2.38. The summed E-state index contributed by atoms with van der Waals surface area (Å²) in [5, 5.41) is 2.59. The summed E-state index contributed by atoms with van der Waals surface area (Å²) in [7, 11) is 0. The second-order valence-electron chi connectivity index (χ2n) is 5.99. The van der Waals surface area contributed by atoms with Crippen molar-refractivity contribution in [2.75, 3.05) is 6.61 Å². The number of rotatable bonds is 3. The van der Waals surface area contributed by atoms with Gasteiger partial charge in [0.05, 0.1) is 6.61 Å². The van der Waals surface area contributed by atoms with Gasteiger partial charge in [-0.2, -0.15) is 0 Å². The summed E-state index contributed by atoms with van der Waals surface area (Å²) in [6, 6.07) is 21.5. The summed E-state index contributed by atoms with van der Waals surface area (Å²) in [5.41, 5.74) is 6.13. The molecule has 0 aromatic heterocycles. The fourth-order valence-corrected chi connectivity index (χ4v) is 3.36. The third kappa shape index (κ3) is 1.98. The van der Waals surface area contributed by atoms with Crippen molar-refractivity contribution in [1.82, 2.24) is 0 Å². The summed E-state index contributed by atoms with van der Waals surface area (Å²) in [6.45, 7) is 6.55. The third-order valence-electron chi connectivity index (χ3n) is 4.25. The van der Waals surface area contributed by atoms with Crippen molar-refractivity contribution in [1.29, 1.82) is 0 Å². The number of hydrogen-bond donors (Lipinski definition) is 0. The van der Waals surface area contributed by atoms with E-state index < -0.39 is 0 Å². The molecule has 22 heavy (non-hydrogen) atoms. The van der Waals surface area contributed by atoms with Gasteiger partial charge in [0.2, 0.25) is 0 Å². The molecule has 0 heterocycles. The quantitative estimate of drug-likeness (QED) is 0.577. The van der Waals surface area contributed by atoms with E-state index in [2.05, 4.69) is 67.2 Å². The van der Waals surface area contributed by atoms with Crippen LogP contribution in [0.25, 0.3) is 21.9 Å². The summed E-state index contributed by atoms with van der Waals surface area (Å²) in [5.74, 6) is 0. The van der Waals surface area contributed by atoms with Crippen molar-refractivity contribution in [2.24, 2.45) is 0 Å². The SMILES string of the molecule is C=C(C)COC1c2ccccc2-c2cccc3cccc1c23. The van der Waals surface area contributed by atoms with Crippen LogP contribution in [0.1, 0.15) is 24.2 Å². The van der Waals surface area contributed by atoms with Crippen molar-refractivity contribution < 1.29 is 4.74 Å². The molecule has 1 heteroatoms. The zero-order valence-electron chi connectivity index (χ0n) is 12.7. The predicted molar refractivity (Wildman–Crippen MR) is 92.0 cm³/mol. The topological polar surface area (TPSA) is 9.23 Å². The monoisotopic (exact) mass is 286 g/mol. The van der Waals surface area contributed by atoms with Crippen LogP contribution in [0.3, 0.4) is 0 Å². The lowest BCUT2D eigenvalue weighted by Crippen LogP contribution is -2.13. The minimum Gasteiger partial charge on any atom is -0.364 e. The number of fused-ring (bicyclic) bond motifs is 2. The molecule has 0 saturated carbocycles. The van der Waals surface area contributed by atoms with Gasteiger partial charge in [-0.1, -0.05) is 72.8 Å². The average molecular weight is 286 g/mol. The van der Waals surface area contributed by atoms with Crippen LogP contribution in [0.5, 0.6) is 0 Å². The fraction of sp³-hybridized carbons (Fsp3) is 0.143. The van der Waals surface area contributed by atoms with Gasteiger partial charge >= 0.3 is 0 Å². The van der Waals surface area contributed by atoms with Crippen molar-refractivity contribution in [2.45, 2.75) is 13.0 Å². The molecule has 3 aromatic rings. The van der Waals surface area contributed by atoms with Crippen LogP contribution in [0, 0.1) is 0 Å². The number of benzene rings is 3. The molecular formula is C21H18O. The fourth-order valence-electron chi connectivity index (χ4n) is 3.36. The zero-order valence-corrected chi connectivity index (χ0v) is 12.7. The van der Waals surface area contributed by atoms with Crippen LogP contribution in [0.2, 0.25) is 0 Å². The van der Waals surface area contributed by atoms with Crippen molar-refractivity contribution in [3.05, 3.63) is 83.9 Å². The molecule has 0 radical (unpaired) electrons.